The van der Waals surface area contributed by atoms with Gasteiger partial charge in [-0.2, -0.15) is 13.2 Å². The van der Waals surface area contributed by atoms with Crippen LogP contribution in [0, 0.1) is 0 Å². The number of carbonyl (C=O) groups excluding carboxylic acids is 2. The number of nitrogens with zero attached hydrogens (tertiary/aromatic N) is 2. The molecular weight excluding hydrogens is 635 g/mol. The van der Waals surface area contributed by atoms with Crippen molar-refractivity contribution >= 4 is 43.5 Å². The summed E-state index contributed by atoms with van der Waals surface area (Å²) in [6.07, 6.45) is -3.13. The van der Waals surface area contributed by atoms with Gasteiger partial charge in [-0.25, -0.2) is 8.42 Å². The highest BCUT2D eigenvalue weighted by atomic mass is 79.9. The summed E-state index contributed by atoms with van der Waals surface area (Å²) in [5.41, 5.74) is 0.0671. The van der Waals surface area contributed by atoms with Crippen LogP contribution in [0.1, 0.15) is 37.0 Å². The summed E-state index contributed by atoms with van der Waals surface area (Å²) < 4.78 is 67.3. The average molecular weight is 669 g/mol. The van der Waals surface area contributed by atoms with Crippen LogP contribution < -0.4 is 9.62 Å². The van der Waals surface area contributed by atoms with Gasteiger partial charge in [-0.15, -0.1) is 0 Å². The normalized spacial score (nSPS) is 13.2. The molecule has 0 saturated carbocycles. The van der Waals surface area contributed by atoms with E-state index in [1.165, 1.54) is 11.0 Å². The zero-order chi connectivity index (χ0) is 31.1. The third-order valence-electron chi connectivity index (χ3n) is 6.65. The van der Waals surface area contributed by atoms with Gasteiger partial charge in [0.1, 0.15) is 12.6 Å². The molecule has 0 aliphatic heterocycles. The van der Waals surface area contributed by atoms with Crippen molar-refractivity contribution in [2.45, 2.75) is 51.5 Å². The van der Waals surface area contributed by atoms with Crippen LogP contribution in [-0.2, 0) is 38.8 Å². The van der Waals surface area contributed by atoms with E-state index < -0.39 is 46.2 Å². The van der Waals surface area contributed by atoms with Gasteiger partial charge in [0, 0.05) is 23.5 Å². The molecule has 0 radical (unpaired) electrons. The minimum Gasteiger partial charge on any atom is -0.352 e. The molecule has 0 heterocycles. The molecule has 12 heteroatoms. The van der Waals surface area contributed by atoms with Gasteiger partial charge in [0.2, 0.25) is 21.8 Å². The predicted octanol–water partition coefficient (Wildman–Crippen LogP) is 5.79. The molecule has 2 atom stereocenters. The van der Waals surface area contributed by atoms with E-state index in [1.54, 1.807) is 36.4 Å². The first-order valence-corrected chi connectivity index (χ1v) is 15.9. The third kappa shape index (κ3) is 9.32. The molecule has 0 aromatic heterocycles. The summed E-state index contributed by atoms with van der Waals surface area (Å²) in [5.74, 6) is -1.18. The first-order valence-electron chi connectivity index (χ1n) is 13.2. The van der Waals surface area contributed by atoms with Crippen molar-refractivity contribution in [2.24, 2.45) is 0 Å². The van der Waals surface area contributed by atoms with Gasteiger partial charge in [0.25, 0.3) is 0 Å². The summed E-state index contributed by atoms with van der Waals surface area (Å²) in [7, 11) is -4.21. The monoisotopic (exact) mass is 667 g/mol. The Morgan fingerprint density at radius 2 is 1.60 bits per heavy atom. The number of nitrogens with one attached hydrogen (secondary N) is 1. The maximum Gasteiger partial charge on any atom is 0.416 e. The van der Waals surface area contributed by atoms with Gasteiger partial charge in [-0.1, -0.05) is 71.4 Å². The van der Waals surface area contributed by atoms with Gasteiger partial charge in [-0.05, 0) is 54.8 Å². The van der Waals surface area contributed by atoms with Crippen molar-refractivity contribution in [3.8, 4) is 0 Å². The predicted molar refractivity (Wildman–Crippen MR) is 160 cm³/mol. The Morgan fingerprint density at radius 1 is 0.952 bits per heavy atom. The van der Waals surface area contributed by atoms with Gasteiger partial charge < -0.3 is 10.2 Å². The molecular formula is C30H33BrF3N3O4S. The Morgan fingerprint density at radius 3 is 2.19 bits per heavy atom. The fraction of sp³-hybridized carbons (Fsp3) is 0.333. The Hall–Kier alpha value is -3.38. The zero-order valence-corrected chi connectivity index (χ0v) is 25.8. The Balaban J connectivity index is 2.09. The zero-order valence-electron chi connectivity index (χ0n) is 23.4. The van der Waals surface area contributed by atoms with E-state index in [-0.39, 0.29) is 24.7 Å². The summed E-state index contributed by atoms with van der Waals surface area (Å²) in [5, 5.41) is 2.92. The molecule has 0 bridgehead atoms. The van der Waals surface area contributed by atoms with Crippen LogP contribution >= 0.6 is 15.9 Å². The Kier molecular flexibility index (Phi) is 11.2. The standard InChI is InChI=1S/C30H33BrF3N3O4S/c1-4-21(2)35-29(39)27(17-22-10-6-5-7-11-22)36(19-23-12-8-14-25(31)16-23)28(38)20-37(42(3,40)41)26-15-9-13-24(18-26)30(32,33)34/h5-16,18,21,27H,4,17,19-20H2,1-3H3,(H,35,39)/t21-,27-/m0/s1. The minimum atomic E-state index is -4.72. The first-order chi connectivity index (χ1) is 19.7. The quantitative estimate of drug-likeness (QED) is 0.265. The molecule has 0 spiro atoms. The average Bonchev–Trinajstić information content (AvgIpc) is 2.93. The van der Waals surface area contributed by atoms with Crippen molar-refractivity contribution in [1.82, 2.24) is 10.2 Å². The lowest BCUT2D eigenvalue weighted by Crippen LogP contribution is -2.54. The largest absolute Gasteiger partial charge is 0.416 e. The van der Waals surface area contributed by atoms with Crippen LogP contribution in [0.4, 0.5) is 18.9 Å². The molecule has 0 unspecified atom stereocenters. The number of rotatable bonds is 12. The summed E-state index contributed by atoms with van der Waals surface area (Å²) in [6.45, 7) is 2.87. The highest BCUT2D eigenvalue weighted by Crippen LogP contribution is 2.32. The van der Waals surface area contributed by atoms with E-state index in [0.717, 1.165) is 28.4 Å². The van der Waals surface area contributed by atoms with Crippen molar-refractivity contribution in [3.63, 3.8) is 0 Å². The molecule has 2 amide bonds. The number of halogens is 4. The molecule has 3 rings (SSSR count). The van der Waals surface area contributed by atoms with Gasteiger partial charge in [-0.3, -0.25) is 13.9 Å². The topological polar surface area (TPSA) is 86.8 Å². The van der Waals surface area contributed by atoms with E-state index in [9.17, 15) is 31.2 Å². The van der Waals surface area contributed by atoms with Gasteiger partial charge in [0.15, 0.2) is 0 Å². The van der Waals surface area contributed by atoms with Crippen LogP contribution in [0.15, 0.2) is 83.3 Å². The maximum atomic E-state index is 14.0. The summed E-state index contributed by atoms with van der Waals surface area (Å²) in [6, 6.07) is 18.7. The number of benzene rings is 3. The molecule has 1 N–H and O–H groups in total. The van der Waals surface area contributed by atoms with Crippen molar-refractivity contribution < 1.29 is 31.2 Å². The first kappa shape index (κ1) is 33.1. The molecule has 0 fully saturated rings. The maximum absolute atomic E-state index is 14.0. The highest BCUT2D eigenvalue weighted by Gasteiger charge is 2.35. The third-order valence-corrected chi connectivity index (χ3v) is 8.29. The molecule has 226 valence electrons. The van der Waals surface area contributed by atoms with Crippen LogP contribution in [-0.4, -0.2) is 50.0 Å². The molecule has 42 heavy (non-hydrogen) atoms. The number of sulfonamides is 1. The lowest BCUT2D eigenvalue weighted by atomic mass is 10.0. The number of anilines is 1. The second-order valence-electron chi connectivity index (χ2n) is 9.99. The lowest BCUT2D eigenvalue weighted by Gasteiger charge is -2.34. The minimum absolute atomic E-state index is 0.0517. The fourth-order valence-electron chi connectivity index (χ4n) is 4.28. The van der Waals surface area contributed by atoms with Crippen molar-refractivity contribution in [2.75, 3.05) is 17.1 Å². The van der Waals surface area contributed by atoms with Crippen LogP contribution in [0.25, 0.3) is 0 Å². The number of hydrogen-bond acceptors (Lipinski definition) is 4. The highest BCUT2D eigenvalue weighted by molar-refractivity contribution is 9.10. The van der Waals surface area contributed by atoms with E-state index in [4.69, 9.17) is 0 Å². The van der Waals surface area contributed by atoms with E-state index in [0.29, 0.717) is 22.4 Å². The van der Waals surface area contributed by atoms with Gasteiger partial charge in [0.05, 0.1) is 17.5 Å². The second-order valence-corrected chi connectivity index (χ2v) is 12.8. The van der Waals surface area contributed by atoms with E-state index >= 15 is 0 Å². The Labute approximate surface area is 252 Å². The smallest absolute Gasteiger partial charge is 0.352 e. The number of hydrogen-bond donors (Lipinski definition) is 1. The van der Waals surface area contributed by atoms with Crippen molar-refractivity contribution in [3.05, 3.63) is 100 Å². The fourth-order valence-corrected chi connectivity index (χ4v) is 5.57. The van der Waals surface area contributed by atoms with E-state index in [2.05, 4.69) is 21.2 Å². The Bertz CT molecular complexity index is 1490. The van der Waals surface area contributed by atoms with Crippen LogP contribution in [0.2, 0.25) is 0 Å². The SMILES string of the molecule is CC[C@H](C)NC(=O)[C@H](Cc1ccccc1)N(Cc1cccc(Br)c1)C(=O)CN(c1cccc(C(F)(F)F)c1)S(C)(=O)=O. The number of alkyl halides is 3. The lowest BCUT2D eigenvalue weighted by molar-refractivity contribution is -0.140. The van der Waals surface area contributed by atoms with Crippen LogP contribution in [0.5, 0.6) is 0 Å². The van der Waals surface area contributed by atoms with Crippen LogP contribution in [0.3, 0.4) is 0 Å². The molecule has 7 nitrogen and oxygen atoms in total. The molecule has 0 aliphatic carbocycles. The van der Waals surface area contributed by atoms with Crippen molar-refractivity contribution in [1.29, 1.82) is 0 Å². The molecule has 3 aromatic rings. The molecule has 3 aromatic carbocycles. The van der Waals surface area contributed by atoms with E-state index in [1.807, 2.05) is 32.0 Å². The second kappa shape index (κ2) is 14.2. The molecule has 0 saturated heterocycles. The summed E-state index contributed by atoms with van der Waals surface area (Å²) in [4.78, 5) is 29.0. The summed E-state index contributed by atoms with van der Waals surface area (Å²) >= 11 is 3.41. The molecule has 0 aliphatic rings. The van der Waals surface area contributed by atoms with Gasteiger partial charge >= 0.3 is 6.18 Å². The number of amides is 2. The number of carbonyl (C=O) groups is 2.